The molecule has 1 aliphatic heterocycles. The molecular weight excluding hydrogens is 450 g/mol. The van der Waals surface area contributed by atoms with E-state index in [2.05, 4.69) is 46.2 Å². The van der Waals surface area contributed by atoms with Crippen LogP contribution >= 0.6 is 0 Å². The minimum absolute atomic E-state index is 0.0897. The van der Waals surface area contributed by atoms with Crippen LogP contribution in [0.25, 0.3) is 5.65 Å². The van der Waals surface area contributed by atoms with Gasteiger partial charge in [-0.15, -0.1) is 0 Å². The number of piperazine rings is 1. The Morgan fingerprint density at radius 2 is 1.81 bits per heavy atom. The molecular formula is C29H33N5O2. The van der Waals surface area contributed by atoms with Crippen LogP contribution in [0.5, 0.6) is 5.75 Å². The Morgan fingerprint density at radius 3 is 2.61 bits per heavy atom. The van der Waals surface area contributed by atoms with Gasteiger partial charge in [0.25, 0.3) is 5.91 Å². The number of nitrogens with zero attached hydrogens (tertiary/aromatic N) is 4. The summed E-state index contributed by atoms with van der Waals surface area (Å²) in [7, 11) is 2.15. The van der Waals surface area contributed by atoms with Gasteiger partial charge in [-0.25, -0.2) is 4.98 Å². The largest absolute Gasteiger partial charge is 0.487 e. The van der Waals surface area contributed by atoms with Gasteiger partial charge in [0, 0.05) is 50.7 Å². The summed E-state index contributed by atoms with van der Waals surface area (Å²) < 4.78 is 8.00. The van der Waals surface area contributed by atoms with Crippen molar-refractivity contribution in [3.8, 4) is 5.75 Å². The molecule has 3 heterocycles. The van der Waals surface area contributed by atoms with Crippen LogP contribution in [0, 0.1) is 6.92 Å². The molecule has 36 heavy (non-hydrogen) atoms. The highest BCUT2D eigenvalue weighted by Crippen LogP contribution is 2.19. The molecule has 186 valence electrons. The highest BCUT2D eigenvalue weighted by atomic mass is 16.5. The number of rotatable bonds is 8. The lowest BCUT2D eigenvalue weighted by molar-refractivity contribution is 0.0906. The summed E-state index contributed by atoms with van der Waals surface area (Å²) in [6, 6.07) is 21.5. The number of ether oxygens (including phenoxy) is 1. The lowest BCUT2D eigenvalue weighted by Crippen LogP contribution is -2.47. The number of aromatic nitrogens is 2. The first-order valence-corrected chi connectivity index (χ1v) is 12.5. The molecule has 1 fully saturated rings. The van der Waals surface area contributed by atoms with Crippen LogP contribution in [0.2, 0.25) is 0 Å². The van der Waals surface area contributed by atoms with E-state index in [0.717, 1.165) is 49.6 Å². The van der Waals surface area contributed by atoms with Crippen molar-refractivity contribution in [2.24, 2.45) is 0 Å². The fourth-order valence-electron chi connectivity index (χ4n) is 4.56. The number of benzene rings is 2. The number of aryl methyl sites for hydroxylation is 1. The third kappa shape index (κ3) is 5.93. The number of pyridine rings is 1. The van der Waals surface area contributed by atoms with Crippen molar-refractivity contribution < 1.29 is 9.53 Å². The third-order valence-corrected chi connectivity index (χ3v) is 6.68. The van der Waals surface area contributed by atoms with Crippen LogP contribution in [-0.4, -0.2) is 64.9 Å². The molecule has 1 N–H and O–H groups in total. The summed E-state index contributed by atoms with van der Waals surface area (Å²) in [5.74, 6) is 0.540. The van der Waals surface area contributed by atoms with E-state index in [1.54, 1.807) is 6.07 Å². The molecule has 1 amide bonds. The Hall–Kier alpha value is -3.68. The number of fused-ring (bicyclic) bond motifs is 1. The average molecular weight is 484 g/mol. The fraction of sp³-hybridized carbons (Fsp3) is 0.310. The first-order chi connectivity index (χ1) is 17.5. The molecule has 7 heteroatoms. The summed E-state index contributed by atoms with van der Waals surface area (Å²) in [4.78, 5) is 22.7. The second-order valence-corrected chi connectivity index (χ2v) is 9.56. The first kappa shape index (κ1) is 24.0. The summed E-state index contributed by atoms with van der Waals surface area (Å²) in [6.45, 7) is 7.26. The van der Waals surface area contributed by atoms with Crippen molar-refractivity contribution in [3.63, 3.8) is 0 Å². The molecule has 0 aliphatic carbocycles. The second kappa shape index (κ2) is 10.9. The average Bonchev–Trinajstić information content (AvgIpc) is 3.31. The molecule has 0 radical (unpaired) electrons. The van der Waals surface area contributed by atoms with E-state index in [1.807, 2.05) is 65.3 Å². The van der Waals surface area contributed by atoms with Crippen LogP contribution in [0.1, 0.15) is 33.2 Å². The standard InChI is InChI=1S/C29H33N5O2/c1-22-11-12-28-30-25(19-34(28)18-22)21-36-26-10-6-9-24(17-26)29(35)31-27(23-7-4-3-5-8-23)20-33-15-13-32(2)14-16-33/h3-12,17-19,27H,13-16,20-21H2,1-2H3,(H,31,35). The lowest BCUT2D eigenvalue weighted by Gasteiger charge is -2.35. The number of amides is 1. The molecule has 1 saturated heterocycles. The van der Waals surface area contributed by atoms with Gasteiger partial charge >= 0.3 is 0 Å². The van der Waals surface area contributed by atoms with Gasteiger partial charge in [-0.2, -0.15) is 0 Å². The van der Waals surface area contributed by atoms with E-state index in [1.165, 1.54) is 5.56 Å². The van der Waals surface area contributed by atoms with Crippen molar-refractivity contribution in [1.29, 1.82) is 0 Å². The van der Waals surface area contributed by atoms with Crippen LogP contribution in [0.4, 0.5) is 0 Å². The topological polar surface area (TPSA) is 62.1 Å². The molecule has 2 aromatic heterocycles. The molecule has 0 spiro atoms. The Kier molecular flexibility index (Phi) is 7.30. The van der Waals surface area contributed by atoms with Crippen molar-refractivity contribution in [1.82, 2.24) is 24.5 Å². The minimum Gasteiger partial charge on any atom is -0.487 e. The molecule has 2 aromatic carbocycles. The number of carbonyl (C=O) groups is 1. The molecule has 1 atom stereocenters. The Morgan fingerprint density at radius 1 is 1.00 bits per heavy atom. The molecule has 1 unspecified atom stereocenters. The van der Waals surface area contributed by atoms with E-state index in [0.29, 0.717) is 17.9 Å². The Bertz CT molecular complexity index is 1310. The molecule has 7 nitrogen and oxygen atoms in total. The predicted molar refractivity (Wildman–Crippen MR) is 141 cm³/mol. The van der Waals surface area contributed by atoms with Gasteiger partial charge in [0.1, 0.15) is 18.0 Å². The zero-order chi connectivity index (χ0) is 24.9. The second-order valence-electron chi connectivity index (χ2n) is 9.56. The third-order valence-electron chi connectivity index (χ3n) is 6.68. The van der Waals surface area contributed by atoms with Crippen molar-refractivity contribution in [3.05, 3.63) is 102 Å². The fourth-order valence-corrected chi connectivity index (χ4v) is 4.56. The maximum absolute atomic E-state index is 13.3. The van der Waals surface area contributed by atoms with Gasteiger partial charge < -0.3 is 19.4 Å². The van der Waals surface area contributed by atoms with E-state index < -0.39 is 0 Å². The maximum atomic E-state index is 13.3. The minimum atomic E-state index is -0.105. The zero-order valence-electron chi connectivity index (χ0n) is 20.9. The quantitative estimate of drug-likeness (QED) is 0.411. The number of imidazole rings is 1. The Balaban J connectivity index is 1.25. The van der Waals surface area contributed by atoms with Gasteiger partial charge in [0.15, 0.2) is 0 Å². The summed E-state index contributed by atoms with van der Waals surface area (Å²) >= 11 is 0. The van der Waals surface area contributed by atoms with E-state index in [-0.39, 0.29) is 11.9 Å². The highest BCUT2D eigenvalue weighted by Gasteiger charge is 2.22. The number of carbonyl (C=O) groups excluding carboxylic acids is 1. The highest BCUT2D eigenvalue weighted by molar-refractivity contribution is 5.94. The van der Waals surface area contributed by atoms with Crippen molar-refractivity contribution in [2.45, 2.75) is 19.6 Å². The van der Waals surface area contributed by atoms with Gasteiger partial charge in [0.05, 0.1) is 11.7 Å². The predicted octanol–water partition coefficient (Wildman–Crippen LogP) is 3.94. The molecule has 4 aromatic rings. The van der Waals surface area contributed by atoms with Crippen LogP contribution in [0.3, 0.4) is 0 Å². The van der Waals surface area contributed by atoms with E-state index in [9.17, 15) is 4.79 Å². The van der Waals surface area contributed by atoms with E-state index in [4.69, 9.17) is 4.74 Å². The molecule has 5 rings (SSSR count). The van der Waals surface area contributed by atoms with Crippen molar-refractivity contribution in [2.75, 3.05) is 39.8 Å². The molecule has 0 saturated carbocycles. The van der Waals surface area contributed by atoms with Crippen molar-refractivity contribution >= 4 is 11.6 Å². The SMILES string of the molecule is Cc1ccc2nc(COc3cccc(C(=O)NC(CN4CCN(C)CC4)c4ccccc4)c3)cn2c1. The lowest BCUT2D eigenvalue weighted by atomic mass is 10.0. The number of hydrogen-bond acceptors (Lipinski definition) is 5. The summed E-state index contributed by atoms with van der Waals surface area (Å²) in [5, 5.41) is 3.27. The van der Waals surface area contributed by atoms with Gasteiger partial charge in [0.2, 0.25) is 0 Å². The number of likely N-dealkylation sites (N-methyl/N-ethyl adjacent to an activating group) is 1. The summed E-state index contributed by atoms with van der Waals surface area (Å²) in [5.41, 5.74) is 4.59. The van der Waals surface area contributed by atoms with Crippen LogP contribution in [-0.2, 0) is 6.61 Å². The zero-order valence-corrected chi connectivity index (χ0v) is 20.9. The van der Waals surface area contributed by atoms with Gasteiger partial charge in [-0.3, -0.25) is 9.69 Å². The van der Waals surface area contributed by atoms with Gasteiger partial charge in [-0.05, 0) is 49.4 Å². The van der Waals surface area contributed by atoms with Crippen LogP contribution < -0.4 is 10.1 Å². The monoisotopic (exact) mass is 483 g/mol. The van der Waals surface area contributed by atoms with Crippen LogP contribution in [0.15, 0.2) is 79.1 Å². The molecule has 1 aliphatic rings. The normalized spacial score (nSPS) is 15.6. The van der Waals surface area contributed by atoms with E-state index >= 15 is 0 Å². The summed E-state index contributed by atoms with van der Waals surface area (Å²) in [6.07, 6.45) is 4.02. The maximum Gasteiger partial charge on any atom is 0.251 e. The molecule has 0 bridgehead atoms. The number of hydrogen-bond donors (Lipinski definition) is 1. The smallest absolute Gasteiger partial charge is 0.251 e. The first-order valence-electron chi connectivity index (χ1n) is 12.5. The Labute approximate surface area is 212 Å². The number of nitrogens with one attached hydrogen (secondary N) is 1. The van der Waals surface area contributed by atoms with Gasteiger partial charge in [-0.1, -0.05) is 42.5 Å².